The lowest BCUT2D eigenvalue weighted by molar-refractivity contribution is 0.0689. The van der Waals surface area contributed by atoms with Gasteiger partial charge in [-0.05, 0) is 31.0 Å². The highest BCUT2D eigenvalue weighted by molar-refractivity contribution is 8.02. The second kappa shape index (κ2) is 5.63. The number of nitrogens with zero attached hydrogens (tertiary/aromatic N) is 4. The third-order valence-electron chi connectivity index (χ3n) is 1.79. The normalized spacial score (nSPS) is 10.6. The Kier molecular flexibility index (Phi) is 4.15. The van der Waals surface area contributed by atoms with Gasteiger partial charge in [0.2, 0.25) is 0 Å². The van der Waals surface area contributed by atoms with Gasteiger partial charge in [-0.1, -0.05) is 23.1 Å². The van der Waals surface area contributed by atoms with Crippen molar-refractivity contribution in [1.29, 1.82) is 0 Å². The summed E-state index contributed by atoms with van der Waals surface area (Å²) in [7, 11) is 0. The molecule has 0 spiro atoms. The Hall–Kier alpha value is -1.19. The number of aromatic nitrogens is 4. The van der Waals surface area contributed by atoms with Gasteiger partial charge in [-0.25, -0.2) is 14.8 Å². The number of thioether (sulfide) groups is 1. The SMILES string of the molecule is CSc1nnc(Sc2nc(C)cc(C(=O)O)n2)s1. The van der Waals surface area contributed by atoms with E-state index < -0.39 is 5.97 Å². The van der Waals surface area contributed by atoms with E-state index in [0.717, 1.165) is 4.34 Å². The summed E-state index contributed by atoms with van der Waals surface area (Å²) in [5.74, 6) is -1.07. The van der Waals surface area contributed by atoms with Gasteiger partial charge >= 0.3 is 5.97 Å². The smallest absolute Gasteiger partial charge is 0.354 e. The summed E-state index contributed by atoms with van der Waals surface area (Å²) in [6.07, 6.45) is 1.92. The number of rotatable bonds is 4. The number of hydrogen-bond donors (Lipinski definition) is 1. The minimum Gasteiger partial charge on any atom is -0.477 e. The first-order valence-corrected chi connectivity index (χ1v) is 7.58. The average molecular weight is 300 g/mol. The number of aryl methyl sites for hydroxylation is 1. The zero-order chi connectivity index (χ0) is 13.1. The second-order valence-electron chi connectivity index (χ2n) is 3.12. The molecule has 0 fully saturated rings. The largest absolute Gasteiger partial charge is 0.477 e. The van der Waals surface area contributed by atoms with Crippen molar-refractivity contribution in [3.8, 4) is 0 Å². The lowest BCUT2D eigenvalue weighted by Crippen LogP contribution is -2.03. The molecule has 9 heteroatoms. The van der Waals surface area contributed by atoms with Gasteiger partial charge in [-0.3, -0.25) is 0 Å². The van der Waals surface area contributed by atoms with Gasteiger partial charge in [0.25, 0.3) is 0 Å². The molecule has 94 valence electrons. The van der Waals surface area contributed by atoms with Gasteiger partial charge in [0.15, 0.2) is 19.5 Å². The Bertz CT molecular complexity index is 587. The van der Waals surface area contributed by atoms with Crippen LogP contribution >= 0.6 is 34.9 Å². The molecule has 0 amide bonds. The third kappa shape index (κ3) is 3.18. The van der Waals surface area contributed by atoms with E-state index in [1.165, 1.54) is 40.9 Å². The van der Waals surface area contributed by atoms with Gasteiger partial charge < -0.3 is 5.11 Å². The summed E-state index contributed by atoms with van der Waals surface area (Å²) >= 11 is 4.15. The minimum absolute atomic E-state index is 0.0143. The first kappa shape index (κ1) is 13.2. The Balaban J connectivity index is 2.25. The zero-order valence-electron chi connectivity index (χ0n) is 9.45. The number of carbonyl (C=O) groups is 1. The molecule has 2 rings (SSSR count). The summed E-state index contributed by atoms with van der Waals surface area (Å²) in [6.45, 7) is 1.73. The first-order chi connectivity index (χ1) is 8.58. The van der Waals surface area contributed by atoms with Crippen molar-refractivity contribution >= 4 is 40.8 Å². The zero-order valence-corrected chi connectivity index (χ0v) is 11.9. The molecule has 18 heavy (non-hydrogen) atoms. The van der Waals surface area contributed by atoms with Gasteiger partial charge in [0.1, 0.15) is 0 Å². The lowest BCUT2D eigenvalue weighted by Gasteiger charge is -2.00. The molecule has 0 bridgehead atoms. The van der Waals surface area contributed by atoms with Crippen LogP contribution in [0.4, 0.5) is 0 Å². The van der Waals surface area contributed by atoms with Crippen LogP contribution in [0.25, 0.3) is 0 Å². The maximum absolute atomic E-state index is 10.9. The number of carboxylic acid groups (broad SMARTS) is 1. The van der Waals surface area contributed by atoms with Gasteiger partial charge in [0.05, 0.1) is 0 Å². The fourth-order valence-electron chi connectivity index (χ4n) is 1.10. The molecule has 0 atom stereocenters. The van der Waals surface area contributed by atoms with Crippen LogP contribution in [0.15, 0.2) is 19.9 Å². The minimum atomic E-state index is -1.07. The molecule has 0 saturated heterocycles. The predicted octanol–water partition coefficient (Wildman–Crippen LogP) is 2.21. The summed E-state index contributed by atoms with van der Waals surface area (Å²) in [5, 5.41) is 17.2. The van der Waals surface area contributed by atoms with Crippen LogP contribution in [0.2, 0.25) is 0 Å². The molecular formula is C9H8N4O2S3. The second-order valence-corrected chi connectivity index (χ2v) is 6.37. The molecular weight excluding hydrogens is 292 g/mol. The molecule has 6 nitrogen and oxygen atoms in total. The van der Waals surface area contributed by atoms with Crippen molar-refractivity contribution in [3.63, 3.8) is 0 Å². The summed E-state index contributed by atoms with van der Waals surface area (Å²) in [4.78, 5) is 19.0. The highest BCUT2D eigenvalue weighted by Crippen LogP contribution is 2.31. The average Bonchev–Trinajstić information content (AvgIpc) is 2.76. The van der Waals surface area contributed by atoms with E-state index in [1.807, 2.05) is 6.26 Å². The Morgan fingerprint density at radius 2 is 2.06 bits per heavy atom. The maximum Gasteiger partial charge on any atom is 0.354 e. The van der Waals surface area contributed by atoms with Gasteiger partial charge in [0, 0.05) is 5.69 Å². The van der Waals surface area contributed by atoms with E-state index in [4.69, 9.17) is 5.11 Å². The topological polar surface area (TPSA) is 88.9 Å². The molecule has 2 aromatic rings. The third-order valence-corrected chi connectivity index (χ3v) is 4.61. The highest BCUT2D eigenvalue weighted by atomic mass is 32.2. The Labute approximate surface area is 115 Å². The first-order valence-electron chi connectivity index (χ1n) is 4.73. The van der Waals surface area contributed by atoms with Crippen LogP contribution in [-0.4, -0.2) is 37.5 Å². The van der Waals surface area contributed by atoms with Crippen molar-refractivity contribution < 1.29 is 9.90 Å². The molecule has 0 aliphatic heterocycles. The van der Waals surface area contributed by atoms with Crippen molar-refractivity contribution in [2.24, 2.45) is 0 Å². The van der Waals surface area contributed by atoms with Crippen LogP contribution in [0.1, 0.15) is 16.2 Å². The van der Waals surface area contributed by atoms with Gasteiger partial charge in [-0.15, -0.1) is 10.2 Å². The van der Waals surface area contributed by atoms with Crippen molar-refractivity contribution in [1.82, 2.24) is 20.2 Å². The lowest BCUT2D eigenvalue weighted by atomic mass is 10.3. The Morgan fingerprint density at radius 1 is 1.33 bits per heavy atom. The summed E-state index contributed by atoms with van der Waals surface area (Å²) in [6, 6.07) is 1.43. The van der Waals surface area contributed by atoms with Crippen molar-refractivity contribution in [2.45, 2.75) is 20.8 Å². The summed E-state index contributed by atoms with van der Waals surface area (Å²) < 4.78 is 1.55. The number of carboxylic acids is 1. The van der Waals surface area contributed by atoms with E-state index in [2.05, 4.69) is 20.2 Å². The van der Waals surface area contributed by atoms with E-state index in [1.54, 1.807) is 6.92 Å². The van der Waals surface area contributed by atoms with Crippen molar-refractivity contribution in [3.05, 3.63) is 17.5 Å². The number of hydrogen-bond acceptors (Lipinski definition) is 8. The molecule has 1 N–H and O–H groups in total. The fourth-order valence-corrected chi connectivity index (χ4v) is 3.46. The van der Waals surface area contributed by atoms with Crippen molar-refractivity contribution in [2.75, 3.05) is 6.26 Å². The van der Waals surface area contributed by atoms with E-state index in [-0.39, 0.29) is 5.69 Å². The monoisotopic (exact) mass is 300 g/mol. The van der Waals surface area contributed by atoms with E-state index in [9.17, 15) is 4.79 Å². The molecule has 0 aromatic carbocycles. The molecule has 0 radical (unpaired) electrons. The van der Waals surface area contributed by atoms with Crippen LogP contribution in [0.5, 0.6) is 0 Å². The molecule has 0 saturated carbocycles. The highest BCUT2D eigenvalue weighted by Gasteiger charge is 2.12. The van der Waals surface area contributed by atoms with Crippen LogP contribution in [-0.2, 0) is 0 Å². The maximum atomic E-state index is 10.9. The summed E-state index contributed by atoms with van der Waals surface area (Å²) in [5.41, 5.74) is 0.596. The molecule has 0 aliphatic carbocycles. The molecule has 2 heterocycles. The molecule has 2 aromatic heterocycles. The number of aromatic carboxylic acids is 1. The van der Waals surface area contributed by atoms with E-state index in [0.29, 0.717) is 15.2 Å². The standard InChI is InChI=1S/C9H8N4O2S3/c1-4-3-5(6(14)15)11-7(10-4)17-9-13-12-8(16-2)18-9/h3H,1-2H3,(H,14,15). The van der Waals surface area contributed by atoms with Crippen LogP contribution < -0.4 is 0 Å². The quantitative estimate of drug-likeness (QED) is 0.679. The van der Waals surface area contributed by atoms with Crippen LogP contribution in [0.3, 0.4) is 0 Å². The van der Waals surface area contributed by atoms with Gasteiger partial charge in [-0.2, -0.15) is 0 Å². The molecule has 0 unspecified atom stereocenters. The predicted molar refractivity (Wildman–Crippen MR) is 69.5 cm³/mol. The Morgan fingerprint density at radius 3 is 2.67 bits per heavy atom. The molecule has 0 aliphatic rings. The van der Waals surface area contributed by atoms with Crippen LogP contribution in [0, 0.1) is 6.92 Å². The van der Waals surface area contributed by atoms with E-state index >= 15 is 0 Å². The fraction of sp³-hybridized carbons (Fsp3) is 0.222.